The lowest BCUT2D eigenvalue weighted by Gasteiger charge is -2.28. The summed E-state index contributed by atoms with van der Waals surface area (Å²) in [5.74, 6) is 3.06. The van der Waals surface area contributed by atoms with Gasteiger partial charge in [-0.15, -0.1) is 21.5 Å². The molecular formula is C16H20BrN3S. The fraction of sp³-hybridized carbons (Fsp3) is 0.625. The molecule has 0 saturated heterocycles. The quantitative estimate of drug-likeness (QED) is 0.760. The van der Waals surface area contributed by atoms with E-state index in [-0.39, 0.29) is 5.41 Å². The molecule has 2 fully saturated rings. The van der Waals surface area contributed by atoms with Crippen molar-refractivity contribution < 1.29 is 0 Å². The number of hydrogen-bond acceptors (Lipinski definition) is 3. The van der Waals surface area contributed by atoms with Crippen LogP contribution in [0.15, 0.2) is 15.9 Å². The summed E-state index contributed by atoms with van der Waals surface area (Å²) in [6, 6.07) is 4.99. The minimum atomic E-state index is -0.0751. The molecule has 0 N–H and O–H groups in total. The van der Waals surface area contributed by atoms with Crippen molar-refractivity contribution in [3.8, 4) is 0 Å². The summed E-state index contributed by atoms with van der Waals surface area (Å²) in [5.41, 5.74) is -0.0751. The van der Waals surface area contributed by atoms with Gasteiger partial charge in [0.1, 0.15) is 11.6 Å². The molecule has 0 aliphatic heterocycles. The van der Waals surface area contributed by atoms with E-state index in [1.807, 2.05) is 0 Å². The van der Waals surface area contributed by atoms with Gasteiger partial charge in [-0.25, -0.2) is 0 Å². The van der Waals surface area contributed by atoms with Crippen LogP contribution in [0.1, 0.15) is 74.4 Å². The predicted octanol–water partition coefficient (Wildman–Crippen LogP) is 5.03. The van der Waals surface area contributed by atoms with Gasteiger partial charge in [-0.05, 0) is 67.6 Å². The highest BCUT2D eigenvalue weighted by Gasteiger charge is 2.39. The molecule has 5 heteroatoms. The number of halogens is 1. The van der Waals surface area contributed by atoms with Crippen LogP contribution in [0.25, 0.3) is 0 Å². The molecule has 0 spiro atoms. The van der Waals surface area contributed by atoms with Crippen LogP contribution in [0, 0.1) is 0 Å². The third-order valence-corrected chi connectivity index (χ3v) is 6.80. The van der Waals surface area contributed by atoms with Crippen LogP contribution in [0.3, 0.4) is 0 Å². The Labute approximate surface area is 137 Å². The summed E-state index contributed by atoms with van der Waals surface area (Å²) >= 11 is 5.38. The number of aromatic nitrogens is 3. The summed E-state index contributed by atoms with van der Waals surface area (Å²) < 4.78 is 3.67. The third-order valence-electron chi connectivity index (χ3n) is 4.85. The van der Waals surface area contributed by atoms with Gasteiger partial charge in [-0.3, -0.25) is 0 Å². The third kappa shape index (κ3) is 2.29. The smallest absolute Gasteiger partial charge is 0.144 e. The molecule has 2 aliphatic rings. The predicted molar refractivity (Wildman–Crippen MR) is 89.0 cm³/mol. The summed E-state index contributed by atoms with van der Waals surface area (Å²) in [6.45, 7) is 4.55. The van der Waals surface area contributed by atoms with Crippen LogP contribution < -0.4 is 0 Å². The zero-order valence-corrected chi connectivity index (χ0v) is 14.9. The first-order valence-corrected chi connectivity index (χ1v) is 9.39. The van der Waals surface area contributed by atoms with E-state index in [1.54, 1.807) is 11.3 Å². The number of thiophene rings is 1. The van der Waals surface area contributed by atoms with Gasteiger partial charge in [0, 0.05) is 16.8 Å². The Hall–Kier alpha value is -0.680. The molecule has 0 unspecified atom stereocenters. The highest BCUT2D eigenvalue weighted by molar-refractivity contribution is 9.11. The molecule has 0 aromatic carbocycles. The molecular weight excluding hydrogens is 346 g/mol. The van der Waals surface area contributed by atoms with E-state index < -0.39 is 0 Å². The Morgan fingerprint density at radius 2 is 1.95 bits per heavy atom. The minimum Gasteiger partial charge on any atom is -0.311 e. The van der Waals surface area contributed by atoms with Crippen LogP contribution in [-0.4, -0.2) is 14.8 Å². The molecule has 21 heavy (non-hydrogen) atoms. The first-order valence-electron chi connectivity index (χ1n) is 7.78. The molecule has 2 aromatic rings. The second kappa shape index (κ2) is 4.92. The fourth-order valence-electron chi connectivity index (χ4n) is 3.13. The van der Waals surface area contributed by atoms with E-state index in [0.717, 1.165) is 5.82 Å². The second-order valence-electron chi connectivity index (χ2n) is 6.84. The molecule has 3 nitrogen and oxygen atoms in total. The van der Waals surface area contributed by atoms with Crippen LogP contribution >= 0.6 is 27.3 Å². The summed E-state index contributed by atoms with van der Waals surface area (Å²) in [5, 5.41) is 9.25. The van der Waals surface area contributed by atoms with Gasteiger partial charge >= 0.3 is 0 Å². The van der Waals surface area contributed by atoms with E-state index in [4.69, 9.17) is 0 Å². The van der Waals surface area contributed by atoms with E-state index in [2.05, 4.69) is 56.7 Å². The maximum atomic E-state index is 4.64. The van der Waals surface area contributed by atoms with E-state index in [9.17, 15) is 0 Å². The lowest BCUT2D eigenvalue weighted by Crippen LogP contribution is -2.25. The fourth-order valence-corrected chi connectivity index (χ4v) is 4.61. The highest BCUT2D eigenvalue weighted by atomic mass is 79.9. The largest absolute Gasteiger partial charge is 0.311 e. The molecule has 2 saturated carbocycles. The van der Waals surface area contributed by atoms with Crippen molar-refractivity contribution in [2.24, 2.45) is 0 Å². The molecule has 2 aromatic heterocycles. The summed E-state index contributed by atoms with van der Waals surface area (Å²) in [6.07, 6.45) is 6.49. The van der Waals surface area contributed by atoms with Gasteiger partial charge in [-0.1, -0.05) is 6.42 Å². The van der Waals surface area contributed by atoms with E-state index in [1.165, 1.54) is 46.6 Å². The monoisotopic (exact) mass is 365 g/mol. The molecule has 0 amide bonds. The Morgan fingerprint density at radius 3 is 2.48 bits per heavy atom. The molecule has 112 valence electrons. The van der Waals surface area contributed by atoms with E-state index >= 15 is 0 Å². The maximum absolute atomic E-state index is 4.64. The van der Waals surface area contributed by atoms with Crippen molar-refractivity contribution in [2.45, 2.75) is 63.3 Å². The van der Waals surface area contributed by atoms with Crippen LogP contribution in [0.5, 0.6) is 0 Å². The lowest BCUT2D eigenvalue weighted by atomic mass is 9.84. The zero-order valence-electron chi connectivity index (χ0n) is 12.5. The molecule has 2 aliphatic carbocycles. The average molecular weight is 366 g/mol. The normalized spacial score (nSPS) is 19.8. The van der Waals surface area contributed by atoms with Crippen molar-refractivity contribution in [3.63, 3.8) is 0 Å². The average Bonchev–Trinajstić information content (AvgIpc) is 2.96. The second-order valence-corrected chi connectivity index (χ2v) is 9.30. The van der Waals surface area contributed by atoms with Crippen molar-refractivity contribution in [1.29, 1.82) is 0 Å². The molecule has 0 bridgehead atoms. The zero-order chi connectivity index (χ0) is 14.6. The van der Waals surface area contributed by atoms with Gasteiger partial charge in [0.05, 0.1) is 9.20 Å². The van der Waals surface area contributed by atoms with Gasteiger partial charge < -0.3 is 4.57 Å². The minimum absolute atomic E-state index is 0.0751. The van der Waals surface area contributed by atoms with Gasteiger partial charge in [0.2, 0.25) is 0 Å². The Morgan fingerprint density at radius 1 is 1.19 bits per heavy atom. The van der Waals surface area contributed by atoms with Gasteiger partial charge in [-0.2, -0.15) is 0 Å². The Balaban J connectivity index is 1.78. The van der Waals surface area contributed by atoms with Crippen LogP contribution in [-0.2, 0) is 5.41 Å². The SMILES string of the molecule is CC(C)(c1ccc(Br)s1)c1nnc(C2CCC2)n1C1CC1. The van der Waals surface area contributed by atoms with Crippen molar-refractivity contribution >= 4 is 27.3 Å². The molecule has 4 rings (SSSR count). The van der Waals surface area contributed by atoms with Crippen LogP contribution in [0.4, 0.5) is 0 Å². The van der Waals surface area contributed by atoms with Crippen LogP contribution in [0.2, 0.25) is 0 Å². The van der Waals surface area contributed by atoms with Crippen molar-refractivity contribution in [3.05, 3.63) is 32.4 Å². The first-order chi connectivity index (χ1) is 10.1. The first kappa shape index (κ1) is 13.9. The summed E-state index contributed by atoms with van der Waals surface area (Å²) in [7, 11) is 0. The lowest BCUT2D eigenvalue weighted by molar-refractivity contribution is 0.382. The maximum Gasteiger partial charge on any atom is 0.144 e. The van der Waals surface area contributed by atoms with E-state index in [0.29, 0.717) is 12.0 Å². The highest BCUT2D eigenvalue weighted by Crippen LogP contribution is 2.46. The molecule has 0 radical (unpaired) electrons. The number of hydrogen-bond donors (Lipinski definition) is 0. The summed E-state index contributed by atoms with van der Waals surface area (Å²) in [4.78, 5) is 1.35. The van der Waals surface area contributed by atoms with Crippen molar-refractivity contribution in [1.82, 2.24) is 14.8 Å². The topological polar surface area (TPSA) is 30.7 Å². The van der Waals surface area contributed by atoms with Gasteiger partial charge in [0.15, 0.2) is 0 Å². The Kier molecular flexibility index (Phi) is 3.26. The number of rotatable bonds is 4. The van der Waals surface area contributed by atoms with Crippen molar-refractivity contribution in [2.75, 3.05) is 0 Å². The standard InChI is InChI=1S/C16H20BrN3S/c1-16(2,12-8-9-13(17)21-12)15-19-18-14(10-4-3-5-10)20(15)11-6-7-11/h8-11H,3-7H2,1-2H3. The molecule has 2 heterocycles. The number of nitrogens with zero attached hydrogens (tertiary/aromatic N) is 3. The molecule has 0 atom stereocenters. The van der Waals surface area contributed by atoms with Gasteiger partial charge in [0.25, 0.3) is 0 Å². The Bertz CT molecular complexity index is 665.